The van der Waals surface area contributed by atoms with Crippen molar-refractivity contribution in [3.8, 4) is 5.69 Å². The number of piperidine rings is 1. The molecule has 2 N–H and O–H groups in total. The Balaban J connectivity index is 1.64. The number of nitrogens with one attached hydrogen (secondary N) is 2. The Morgan fingerprint density at radius 1 is 1.30 bits per heavy atom. The Morgan fingerprint density at radius 2 is 2.15 bits per heavy atom. The average molecular weight is 270 g/mol. The molecule has 1 saturated heterocycles. The smallest absolute Gasteiger partial charge is 0.241 e. The van der Waals surface area contributed by atoms with Gasteiger partial charge in [-0.1, -0.05) is 6.42 Å². The molecule has 104 valence electrons. The van der Waals surface area contributed by atoms with Crippen LogP contribution in [0, 0.1) is 0 Å². The van der Waals surface area contributed by atoms with Crippen molar-refractivity contribution in [2.75, 3.05) is 11.9 Å². The maximum Gasteiger partial charge on any atom is 0.241 e. The van der Waals surface area contributed by atoms with Gasteiger partial charge in [-0.25, -0.2) is 4.68 Å². The monoisotopic (exact) mass is 270 g/mol. The lowest BCUT2D eigenvalue weighted by atomic mass is 10.0. The fraction of sp³-hybridized carbons (Fsp3) is 0.333. The zero-order valence-corrected chi connectivity index (χ0v) is 11.2. The van der Waals surface area contributed by atoms with E-state index in [2.05, 4.69) is 15.7 Å². The van der Waals surface area contributed by atoms with Crippen LogP contribution in [0.5, 0.6) is 0 Å². The topological polar surface area (TPSA) is 59.0 Å². The zero-order chi connectivity index (χ0) is 13.8. The van der Waals surface area contributed by atoms with Crippen molar-refractivity contribution >= 4 is 11.6 Å². The number of aromatic nitrogens is 2. The molecule has 5 nitrogen and oxygen atoms in total. The van der Waals surface area contributed by atoms with E-state index in [4.69, 9.17) is 0 Å². The van der Waals surface area contributed by atoms with Crippen LogP contribution in [0.4, 0.5) is 5.69 Å². The van der Waals surface area contributed by atoms with E-state index in [1.165, 1.54) is 0 Å². The third-order valence-electron chi connectivity index (χ3n) is 3.53. The first-order valence-electron chi connectivity index (χ1n) is 6.97. The first kappa shape index (κ1) is 12.9. The molecule has 0 radical (unpaired) electrons. The summed E-state index contributed by atoms with van der Waals surface area (Å²) in [5.41, 5.74) is 1.79. The molecular formula is C15H18N4O. The molecule has 0 saturated carbocycles. The summed E-state index contributed by atoms with van der Waals surface area (Å²) in [7, 11) is 0. The first-order valence-corrected chi connectivity index (χ1v) is 6.97. The Kier molecular flexibility index (Phi) is 3.78. The molecule has 0 spiro atoms. The number of carbonyl (C=O) groups excluding carboxylic acids is 1. The molecule has 2 aromatic rings. The van der Waals surface area contributed by atoms with Gasteiger partial charge in [0.2, 0.25) is 5.91 Å². The van der Waals surface area contributed by atoms with Crippen LogP contribution >= 0.6 is 0 Å². The third kappa shape index (κ3) is 2.88. The molecule has 1 aliphatic rings. The third-order valence-corrected chi connectivity index (χ3v) is 3.53. The van der Waals surface area contributed by atoms with Crippen molar-refractivity contribution in [2.24, 2.45) is 0 Å². The van der Waals surface area contributed by atoms with Gasteiger partial charge in [0.25, 0.3) is 0 Å². The molecule has 1 amide bonds. The summed E-state index contributed by atoms with van der Waals surface area (Å²) in [6.45, 7) is 0.927. The van der Waals surface area contributed by atoms with Crippen molar-refractivity contribution in [1.29, 1.82) is 0 Å². The van der Waals surface area contributed by atoms with Crippen molar-refractivity contribution in [1.82, 2.24) is 15.1 Å². The number of benzene rings is 1. The van der Waals surface area contributed by atoms with E-state index >= 15 is 0 Å². The maximum absolute atomic E-state index is 12.1. The van der Waals surface area contributed by atoms with Gasteiger partial charge < -0.3 is 10.6 Å². The molecule has 2 heterocycles. The molecule has 3 rings (SSSR count). The molecule has 1 aromatic heterocycles. The standard InChI is InChI=1S/C15H18N4O/c20-15(14-4-1-2-9-16-14)18-12-5-7-13(8-6-12)19-11-3-10-17-19/h3,5-8,10-11,14,16H,1-2,4,9H2,(H,18,20)/t14-/m1/s1. The number of amides is 1. The highest BCUT2D eigenvalue weighted by Crippen LogP contribution is 2.14. The second-order valence-electron chi connectivity index (χ2n) is 4.99. The van der Waals surface area contributed by atoms with Crippen molar-refractivity contribution in [3.05, 3.63) is 42.7 Å². The van der Waals surface area contributed by atoms with E-state index in [9.17, 15) is 4.79 Å². The molecule has 1 fully saturated rings. The normalized spacial score (nSPS) is 18.7. The van der Waals surface area contributed by atoms with Gasteiger partial charge in [-0.15, -0.1) is 0 Å². The fourth-order valence-corrected chi connectivity index (χ4v) is 2.42. The van der Waals surface area contributed by atoms with Gasteiger partial charge in [0.05, 0.1) is 11.7 Å². The van der Waals surface area contributed by atoms with Crippen LogP contribution in [0.3, 0.4) is 0 Å². The Labute approximate surface area is 118 Å². The number of carbonyl (C=O) groups is 1. The lowest BCUT2D eigenvalue weighted by Crippen LogP contribution is -2.43. The first-order chi connectivity index (χ1) is 9.83. The van der Waals surface area contributed by atoms with Gasteiger partial charge in [0.15, 0.2) is 0 Å². The molecule has 1 atom stereocenters. The van der Waals surface area contributed by atoms with E-state index in [1.54, 1.807) is 10.9 Å². The summed E-state index contributed by atoms with van der Waals surface area (Å²) in [6.07, 6.45) is 6.81. The summed E-state index contributed by atoms with van der Waals surface area (Å²) in [6, 6.07) is 9.50. The van der Waals surface area contributed by atoms with Gasteiger partial charge in [-0.3, -0.25) is 4.79 Å². The SMILES string of the molecule is O=C(Nc1ccc(-n2cccn2)cc1)[C@H]1CCCCN1. The minimum absolute atomic E-state index is 0.0524. The number of hydrogen-bond acceptors (Lipinski definition) is 3. The molecule has 20 heavy (non-hydrogen) atoms. The van der Waals surface area contributed by atoms with Crippen LogP contribution in [0.25, 0.3) is 5.69 Å². The van der Waals surface area contributed by atoms with Gasteiger partial charge >= 0.3 is 0 Å². The van der Waals surface area contributed by atoms with Gasteiger partial charge in [-0.05, 0) is 49.7 Å². The van der Waals surface area contributed by atoms with Crippen molar-refractivity contribution in [2.45, 2.75) is 25.3 Å². The predicted molar refractivity (Wildman–Crippen MR) is 77.8 cm³/mol. The van der Waals surface area contributed by atoms with E-state index < -0.39 is 0 Å². The molecule has 1 aromatic carbocycles. The molecule has 5 heteroatoms. The summed E-state index contributed by atoms with van der Waals surface area (Å²) >= 11 is 0. The van der Waals surface area contributed by atoms with Crippen LogP contribution in [-0.2, 0) is 4.79 Å². The summed E-state index contributed by atoms with van der Waals surface area (Å²) in [5, 5.41) is 10.4. The molecule has 1 aliphatic heterocycles. The summed E-state index contributed by atoms with van der Waals surface area (Å²) in [5.74, 6) is 0.0524. The maximum atomic E-state index is 12.1. The van der Waals surface area contributed by atoms with E-state index in [0.29, 0.717) is 0 Å². The van der Waals surface area contributed by atoms with Crippen LogP contribution < -0.4 is 10.6 Å². The second-order valence-corrected chi connectivity index (χ2v) is 4.99. The highest BCUT2D eigenvalue weighted by Gasteiger charge is 2.20. The Bertz CT molecular complexity index is 556. The molecule has 0 bridgehead atoms. The van der Waals surface area contributed by atoms with E-state index in [0.717, 1.165) is 37.2 Å². The van der Waals surface area contributed by atoms with Crippen LogP contribution in [-0.4, -0.2) is 28.3 Å². The number of anilines is 1. The van der Waals surface area contributed by atoms with Crippen LogP contribution in [0.2, 0.25) is 0 Å². The van der Waals surface area contributed by atoms with E-state index in [1.807, 2.05) is 36.5 Å². The summed E-state index contributed by atoms with van der Waals surface area (Å²) < 4.78 is 1.79. The van der Waals surface area contributed by atoms with Gasteiger partial charge in [0, 0.05) is 18.1 Å². The fourth-order valence-electron chi connectivity index (χ4n) is 2.42. The molecule has 0 aliphatic carbocycles. The largest absolute Gasteiger partial charge is 0.325 e. The second kappa shape index (κ2) is 5.88. The van der Waals surface area contributed by atoms with Crippen LogP contribution in [0.1, 0.15) is 19.3 Å². The van der Waals surface area contributed by atoms with Gasteiger partial charge in [0.1, 0.15) is 0 Å². The summed E-state index contributed by atoms with van der Waals surface area (Å²) in [4.78, 5) is 12.1. The molecular weight excluding hydrogens is 252 g/mol. The van der Waals surface area contributed by atoms with E-state index in [-0.39, 0.29) is 11.9 Å². The van der Waals surface area contributed by atoms with Crippen molar-refractivity contribution in [3.63, 3.8) is 0 Å². The molecule has 0 unspecified atom stereocenters. The number of nitrogens with zero attached hydrogens (tertiary/aromatic N) is 2. The number of rotatable bonds is 3. The average Bonchev–Trinajstić information content (AvgIpc) is 3.03. The lowest BCUT2D eigenvalue weighted by molar-refractivity contribution is -0.118. The minimum Gasteiger partial charge on any atom is -0.325 e. The Morgan fingerprint density at radius 3 is 2.80 bits per heavy atom. The minimum atomic E-state index is -0.0606. The predicted octanol–water partition coefficient (Wildman–Crippen LogP) is 1.95. The zero-order valence-electron chi connectivity index (χ0n) is 11.2. The highest BCUT2D eigenvalue weighted by atomic mass is 16.2. The quantitative estimate of drug-likeness (QED) is 0.896. The Hall–Kier alpha value is -2.14. The van der Waals surface area contributed by atoms with Gasteiger partial charge in [-0.2, -0.15) is 5.10 Å². The highest BCUT2D eigenvalue weighted by molar-refractivity contribution is 5.94. The van der Waals surface area contributed by atoms with Crippen LogP contribution in [0.15, 0.2) is 42.7 Å². The number of hydrogen-bond donors (Lipinski definition) is 2. The van der Waals surface area contributed by atoms with Crippen molar-refractivity contribution < 1.29 is 4.79 Å². The lowest BCUT2D eigenvalue weighted by Gasteiger charge is -2.22.